The molecule has 1 aromatic heterocycles. The smallest absolute Gasteiger partial charge is 0.325 e. The normalized spacial score (nSPS) is 11.6. The highest BCUT2D eigenvalue weighted by Gasteiger charge is 2.33. The standard InChI is InChI=1S/C31H26F3N3OS/c1-30(2,3)22-15-13-20(14-16-22)23-17-27(21-9-5-4-6-10-21)37-29(24(23)18-35)39-19-28(38)36-26-12-8-7-11-25(26)31(32,33)34/h4-17H,19H2,1-3H3,(H,36,38). The number of nitriles is 1. The number of anilines is 1. The first-order chi connectivity index (χ1) is 18.5. The molecule has 0 fully saturated rings. The van der Waals surface area contributed by atoms with Gasteiger partial charge in [0.05, 0.1) is 28.3 Å². The lowest BCUT2D eigenvalue weighted by Crippen LogP contribution is -2.18. The van der Waals surface area contributed by atoms with E-state index in [1.54, 1.807) is 0 Å². The summed E-state index contributed by atoms with van der Waals surface area (Å²) in [5, 5.41) is 12.8. The van der Waals surface area contributed by atoms with Crippen molar-refractivity contribution in [3.05, 3.63) is 102 Å². The van der Waals surface area contributed by atoms with Crippen molar-refractivity contribution < 1.29 is 18.0 Å². The van der Waals surface area contributed by atoms with E-state index in [1.807, 2.05) is 60.7 Å². The molecule has 4 rings (SSSR count). The summed E-state index contributed by atoms with van der Waals surface area (Å²) < 4.78 is 40.0. The van der Waals surface area contributed by atoms with Gasteiger partial charge in [0, 0.05) is 11.1 Å². The minimum Gasteiger partial charge on any atom is -0.325 e. The zero-order valence-electron chi connectivity index (χ0n) is 21.6. The average Bonchev–Trinajstić information content (AvgIpc) is 2.91. The van der Waals surface area contributed by atoms with Crippen LogP contribution in [0.1, 0.15) is 37.5 Å². The Bertz CT molecular complexity index is 1520. The maximum Gasteiger partial charge on any atom is 0.418 e. The summed E-state index contributed by atoms with van der Waals surface area (Å²) in [6.07, 6.45) is -4.60. The van der Waals surface area contributed by atoms with Crippen LogP contribution in [0.15, 0.2) is 90.0 Å². The van der Waals surface area contributed by atoms with Crippen LogP contribution in [0.25, 0.3) is 22.4 Å². The lowest BCUT2D eigenvalue weighted by atomic mass is 9.86. The first kappa shape index (κ1) is 27.9. The number of hydrogen-bond acceptors (Lipinski definition) is 4. The van der Waals surface area contributed by atoms with Crippen molar-refractivity contribution in [1.29, 1.82) is 5.26 Å². The van der Waals surface area contributed by atoms with Crippen LogP contribution in [-0.2, 0) is 16.4 Å². The van der Waals surface area contributed by atoms with Crippen molar-refractivity contribution in [1.82, 2.24) is 4.98 Å². The number of pyridine rings is 1. The number of nitrogens with one attached hydrogen (secondary N) is 1. The number of amides is 1. The van der Waals surface area contributed by atoms with Crippen molar-refractivity contribution in [2.24, 2.45) is 0 Å². The van der Waals surface area contributed by atoms with E-state index in [1.165, 1.54) is 18.2 Å². The molecule has 0 saturated heterocycles. The van der Waals surface area contributed by atoms with Crippen molar-refractivity contribution in [2.45, 2.75) is 37.4 Å². The predicted molar refractivity (Wildman–Crippen MR) is 149 cm³/mol. The zero-order chi connectivity index (χ0) is 28.2. The first-order valence-electron chi connectivity index (χ1n) is 12.2. The van der Waals surface area contributed by atoms with Crippen LogP contribution in [0.2, 0.25) is 0 Å². The molecule has 0 aliphatic carbocycles. The number of carbonyl (C=O) groups excluding carboxylic acids is 1. The van der Waals surface area contributed by atoms with Gasteiger partial charge in [-0.1, -0.05) is 99.3 Å². The molecule has 39 heavy (non-hydrogen) atoms. The van der Waals surface area contributed by atoms with Crippen LogP contribution >= 0.6 is 11.8 Å². The van der Waals surface area contributed by atoms with E-state index in [4.69, 9.17) is 0 Å². The zero-order valence-corrected chi connectivity index (χ0v) is 22.5. The maximum absolute atomic E-state index is 13.3. The van der Waals surface area contributed by atoms with Crippen LogP contribution in [0.5, 0.6) is 0 Å². The quantitative estimate of drug-likeness (QED) is 0.247. The van der Waals surface area contributed by atoms with Crippen LogP contribution in [0, 0.1) is 11.3 Å². The lowest BCUT2D eigenvalue weighted by Gasteiger charge is -2.19. The minimum absolute atomic E-state index is 0.0386. The van der Waals surface area contributed by atoms with Gasteiger partial charge in [-0.2, -0.15) is 18.4 Å². The molecule has 3 aromatic carbocycles. The summed E-state index contributed by atoms with van der Waals surface area (Å²) in [5.41, 5.74) is 3.10. The van der Waals surface area contributed by atoms with E-state index in [0.717, 1.165) is 34.5 Å². The Morgan fingerprint density at radius 3 is 2.18 bits per heavy atom. The molecular formula is C31H26F3N3OS. The highest BCUT2D eigenvalue weighted by atomic mass is 32.2. The fraction of sp³-hybridized carbons (Fsp3) is 0.194. The van der Waals surface area contributed by atoms with Crippen molar-refractivity contribution in [2.75, 3.05) is 11.1 Å². The van der Waals surface area contributed by atoms with E-state index < -0.39 is 17.6 Å². The highest BCUT2D eigenvalue weighted by Crippen LogP contribution is 2.37. The highest BCUT2D eigenvalue weighted by molar-refractivity contribution is 8.00. The molecule has 0 unspecified atom stereocenters. The summed E-state index contributed by atoms with van der Waals surface area (Å²) in [4.78, 5) is 17.4. The lowest BCUT2D eigenvalue weighted by molar-refractivity contribution is -0.137. The van der Waals surface area contributed by atoms with E-state index in [-0.39, 0.29) is 16.9 Å². The molecule has 198 valence electrons. The maximum atomic E-state index is 13.3. The molecule has 4 nitrogen and oxygen atoms in total. The van der Waals surface area contributed by atoms with Gasteiger partial charge in [-0.15, -0.1) is 0 Å². The van der Waals surface area contributed by atoms with Gasteiger partial charge in [-0.25, -0.2) is 4.98 Å². The number of hydrogen-bond donors (Lipinski definition) is 1. The van der Waals surface area contributed by atoms with E-state index in [2.05, 4.69) is 37.1 Å². The van der Waals surface area contributed by atoms with E-state index in [0.29, 0.717) is 21.8 Å². The number of alkyl halides is 3. The molecule has 0 aliphatic rings. The molecule has 1 amide bonds. The van der Waals surface area contributed by atoms with Crippen LogP contribution in [-0.4, -0.2) is 16.6 Å². The number of nitrogens with zero attached hydrogens (tertiary/aromatic N) is 2. The largest absolute Gasteiger partial charge is 0.418 e. The van der Waals surface area contributed by atoms with Crippen LogP contribution in [0.3, 0.4) is 0 Å². The second-order valence-corrected chi connectivity index (χ2v) is 10.9. The molecule has 4 aromatic rings. The van der Waals surface area contributed by atoms with Crippen molar-refractivity contribution in [3.8, 4) is 28.5 Å². The SMILES string of the molecule is CC(C)(C)c1ccc(-c2cc(-c3ccccc3)nc(SCC(=O)Nc3ccccc3C(F)(F)F)c2C#N)cc1. The van der Waals surface area contributed by atoms with E-state index >= 15 is 0 Å². The Morgan fingerprint density at radius 1 is 0.923 bits per heavy atom. The Hall–Kier alpha value is -4.09. The number of para-hydroxylation sites is 1. The Labute approximate surface area is 229 Å². The first-order valence-corrected chi connectivity index (χ1v) is 13.2. The van der Waals surface area contributed by atoms with Gasteiger partial charge in [0.15, 0.2) is 0 Å². The van der Waals surface area contributed by atoms with Gasteiger partial charge < -0.3 is 5.32 Å². The fourth-order valence-electron chi connectivity index (χ4n) is 4.03. The fourth-order valence-corrected chi connectivity index (χ4v) is 4.83. The second-order valence-electron chi connectivity index (χ2n) is 9.92. The third kappa shape index (κ3) is 6.68. The summed E-state index contributed by atoms with van der Waals surface area (Å²) in [6.45, 7) is 6.36. The third-order valence-corrected chi connectivity index (χ3v) is 7.05. The van der Waals surface area contributed by atoms with Gasteiger partial charge in [-0.3, -0.25) is 4.79 Å². The topological polar surface area (TPSA) is 65.8 Å². The average molecular weight is 546 g/mol. The molecular weight excluding hydrogens is 519 g/mol. The summed E-state index contributed by atoms with van der Waals surface area (Å²) in [6, 6.07) is 26.3. The third-order valence-electron chi connectivity index (χ3n) is 6.08. The van der Waals surface area contributed by atoms with Gasteiger partial charge >= 0.3 is 6.18 Å². The Morgan fingerprint density at radius 2 is 1.56 bits per heavy atom. The van der Waals surface area contributed by atoms with Crippen molar-refractivity contribution >= 4 is 23.4 Å². The summed E-state index contributed by atoms with van der Waals surface area (Å²) in [5.74, 6) is -0.863. The second kappa shape index (κ2) is 11.3. The summed E-state index contributed by atoms with van der Waals surface area (Å²) in [7, 11) is 0. The number of carbonyl (C=O) groups is 1. The molecule has 0 saturated carbocycles. The number of rotatable bonds is 6. The van der Waals surface area contributed by atoms with Crippen LogP contribution < -0.4 is 5.32 Å². The molecule has 0 radical (unpaired) electrons. The molecule has 1 heterocycles. The van der Waals surface area contributed by atoms with Gasteiger partial charge in [0.2, 0.25) is 5.91 Å². The Kier molecular flexibility index (Phi) is 8.12. The monoisotopic (exact) mass is 545 g/mol. The molecule has 0 aliphatic heterocycles. The van der Waals surface area contributed by atoms with Gasteiger partial charge in [0.1, 0.15) is 11.1 Å². The Balaban J connectivity index is 1.69. The van der Waals surface area contributed by atoms with E-state index in [9.17, 15) is 23.2 Å². The van der Waals surface area contributed by atoms with Crippen molar-refractivity contribution in [3.63, 3.8) is 0 Å². The van der Waals surface area contributed by atoms with Gasteiger partial charge in [0.25, 0.3) is 0 Å². The summed E-state index contributed by atoms with van der Waals surface area (Å²) >= 11 is 1.01. The molecule has 0 spiro atoms. The minimum atomic E-state index is -4.60. The molecule has 0 bridgehead atoms. The molecule has 1 N–H and O–H groups in total. The van der Waals surface area contributed by atoms with Gasteiger partial charge in [-0.05, 0) is 34.7 Å². The number of thioether (sulfide) groups is 1. The van der Waals surface area contributed by atoms with Crippen LogP contribution in [0.4, 0.5) is 18.9 Å². The predicted octanol–water partition coefficient (Wildman–Crippen LogP) is 8.33. The molecule has 0 atom stereocenters. The number of halogens is 3. The number of aromatic nitrogens is 1. The number of benzene rings is 3. The molecule has 8 heteroatoms.